The summed E-state index contributed by atoms with van der Waals surface area (Å²) in [7, 11) is 0. The Kier molecular flexibility index (Phi) is 13.0. The number of nitrogens with one attached hydrogen (secondary N) is 1. The zero-order valence-electron chi connectivity index (χ0n) is 34.0. The minimum absolute atomic E-state index is 0.00442. The first-order valence-corrected chi connectivity index (χ1v) is 20.2. The smallest absolute Gasteiger partial charge is 0.359 e. The van der Waals surface area contributed by atoms with E-state index in [9.17, 15) is 43.9 Å². The highest BCUT2D eigenvalue weighted by atomic mass is 35.5. The maximum absolute atomic E-state index is 14.1. The maximum Gasteiger partial charge on any atom is 0.417 e. The number of hydrogen-bond donors (Lipinski definition) is 1. The Morgan fingerprint density at radius 3 is 1.73 bits per heavy atom. The first-order chi connectivity index (χ1) is 32.0. The lowest BCUT2D eigenvalue weighted by molar-refractivity contribution is -0.138. The molecule has 0 aliphatic carbocycles. The SMILES string of the molecule is Fc1ccc(-c2cc(CCl)on2)c(C(F)(F)F)c1.Fc1ccc(-c2cc(Cn3ccc4cc(-c5ccccc5F)nc-4c3)on2)c(C(F)(F)F)c1.Fc1ccccc1-c1cc2ccncc2[nH]1. The summed E-state index contributed by atoms with van der Waals surface area (Å²) in [4.78, 5) is 11.6. The molecule has 0 bridgehead atoms. The summed E-state index contributed by atoms with van der Waals surface area (Å²) in [5.41, 5.74) is 1.77. The number of halogens is 11. The molecule has 0 saturated carbocycles. The molecule has 67 heavy (non-hydrogen) atoms. The summed E-state index contributed by atoms with van der Waals surface area (Å²) in [6, 6.07) is 27.9. The lowest BCUT2D eigenvalue weighted by Crippen LogP contribution is -2.07. The highest BCUT2D eigenvalue weighted by molar-refractivity contribution is 6.16. The van der Waals surface area contributed by atoms with Crippen molar-refractivity contribution in [2.75, 3.05) is 0 Å². The van der Waals surface area contributed by atoms with Crippen LogP contribution in [0.4, 0.5) is 43.9 Å². The number of nitrogens with zero attached hydrogens (tertiary/aromatic N) is 5. The van der Waals surface area contributed by atoms with Gasteiger partial charge in [0.2, 0.25) is 0 Å². The number of benzene rings is 4. The van der Waals surface area contributed by atoms with Gasteiger partial charge in [-0.15, -0.1) is 11.6 Å². The Hall–Kier alpha value is -7.73. The van der Waals surface area contributed by atoms with Crippen molar-refractivity contribution >= 4 is 22.5 Å². The van der Waals surface area contributed by atoms with Crippen LogP contribution in [-0.2, 0) is 24.8 Å². The number of aromatic nitrogens is 6. The third kappa shape index (κ3) is 10.5. The lowest BCUT2D eigenvalue weighted by Gasteiger charge is -2.10. The van der Waals surface area contributed by atoms with Gasteiger partial charge in [-0.3, -0.25) is 4.98 Å². The third-order valence-electron chi connectivity index (χ3n) is 10.0. The van der Waals surface area contributed by atoms with Gasteiger partial charge in [0.15, 0.2) is 11.5 Å². The van der Waals surface area contributed by atoms with Crippen LogP contribution < -0.4 is 0 Å². The first kappa shape index (κ1) is 45.8. The lowest BCUT2D eigenvalue weighted by atomic mass is 10.0. The van der Waals surface area contributed by atoms with Crippen molar-refractivity contribution in [3.05, 3.63) is 192 Å². The van der Waals surface area contributed by atoms with E-state index in [1.54, 1.807) is 71.8 Å². The Labute approximate surface area is 377 Å². The van der Waals surface area contributed by atoms with E-state index in [2.05, 4.69) is 25.3 Å². The van der Waals surface area contributed by atoms with Gasteiger partial charge in [-0.2, -0.15) is 26.3 Å². The predicted molar refractivity (Wildman–Crippen MR) is 228 cm³/mol. The average molecular weight is 947 g/mol. The molecule has 0 atom stereocenters. The molecule has 0 radical (unpaired) electrons. The van der Waals surface area contributed by atoms with Crippen LogP contribution in [0, 0.1) is 23.3 Å². The number of hydrogen-bond acceptors (Lipinski definition) is 6. The van der Waals surface area contributed by atoms with Gasteiger partial charge in [0.05, 0.1) is 46.7 Å². The van der Waals surface area contributed by atoms with Crippen molar-refractivity contribution < 1.29 is 53.0 Å². The molecule has 8 nitrogen and oxygen atoms in total. The second-order valence-corrected chi connectivity index (χ2v) is 14.8. The van der Waals surface area contributed by atoms with E-state index in [-0.39, 0.29) is 52.3 Å². The summed E-state index contributed by atoms with van der Waals surface area (Å²) in [5, 5.41) is 8.25. The quantitative estimate of drug-likeness (QED) is 0.126. The standard InChI is InChI=1S/C24H14F5N3O.C13H9FN2.C11H6ClF4NO/c25-15-5-6-17(19(10-15)24(27,28)29)22-11-16(33-31-22)12-32-8-7-14-9-21(30-23(14)13-32)18-3-1-2-4-20(18)26;14-11-4-2-1-3-10(11)12-7-9-5-6-15-8-13(9)16-12;12-5-7-4-10(17-18-7)8-2-1-6(13)3-9(8)11(14,15)16/h1-11,13H,12H2;1-8,16H;1-4H,5H2. The van der Waals surface area contributed by atoms with Crippen LogP contribution in [0.25, 0.3) is 67.2 Å². The van der Waals surface area contributed by atoms with Crippen LogP contribution >= 0.6 is 11.6 Å². The molecular weight excluding hydrogens is 918 g/mol. The van der Waals surface area contributed by atoms with E-state index in [0.717, 1.165) is 46.4 Å². The summed E-state index contributed by atoms with van der Waals surface area (Å²) >= 11 is 5.47. The molecule has 8 aromatic rings. The Morgan fingerprint density at radius 1 is 0.582 bits per heavy atom. The highest BCUT2D eigenvalue weighted by Crippen LogP contribution is 2.39. The Bertz CT molecular complexity index is 3250. The fourth-order valence-electron chi connectivity index (χ4n) is 6.91. The van der Waals surface area contributed by atoms with Crippen LogP contribution in [0.1, 0.15) is 22.6 Å². The third-order valence-corrected chi connectivity index (χ3v) is 10.3. The molecule has 2 aliphatic rings. The van der Waals surface area contributed by atoms with E-state index >= 15 is 0 Å². The van der Waals surface area contributed by atoms with Crippen molar-refractivity contribution in [1.82, 2.24) is 29.8 Å². The average Bonchev–Trinajstić information content (AvgIpc) is 4.13. The summed E-state index contributed by atoms with van der Waals surface area (Å²) in [6.07, 6.45) is -2.48. The van der Waals surface area contributed by atoms with Gasteiger partial charge >= 0.3 is 12.4 Å². The molecule has 4 aromatic carbocycles. The van der Waals surface area contributed by atoms with E-state index in [4.69, 9.17) is 20.6 Å². The minimum Gasteiger partial charge on any atom is -0.359 e. The summed E-state index contributed by atoms with van der Waals surface area (Å²) in [5.74, 6) is -2.02. The fourth-order valence-corrected chi connectivity index (χ4v) is 7.03. The molecule has 340 valence electrons. The van der Waals surface area contributed by atoms with Gasteiger partial charge in [-0.25, -0.2) is 22.5 Å². The van der Waals surface area contributed by atoms with Gasteiger partial charge in [0.25, 0.3) is 0 Å². The van der Waals surface area contributed by atoms with Crippen LogP contribution in [0.5, 0.6) is 0 Å². The van der Waals surface area contributed by atoms with Gasteiger partial charge in [0, 0.05) is 69.6 Å². The molecule has 4 aromatic heterocycles. The van der Waals surface area contributed by atoms with Crippen LogP contribution in [0.2, 0.25) is 0 Å². The molecule has 0 fully saturated rings. The van der Waals surface area contributed by atoms with Crippen LogP contribution in [0.15, 0.2) is 155 Å². The summed E-state index contributed by atoms with van der Waals surface area (Å²) < 4.78 is 144. The minimum atomic E-state index is -4.74. The molecule has 0 amide bonds. The van der Waals surface area contributed by atoms with Crippen LogP contribution in [0.3, 0.4) is 0 Å². The molecule has 0 saturated heterocycles. The van der Waals surface area contributed by atoms with Crippen molar-refractivity contribution in [3.8, 4) is 56.3 Å². The second kappa shape index (κ2) is 19.0. The molecule has 10 rings (SSSR count). The molecule has 0 spiro atoms. The van der Waals surface area contributed by atoms with Crippen molar-refractivity contribution in [2.45, 2.75) is 24.8 Å². The number of rotatable bonds is 7. The zero-order valence-corrected chi connectivity index (χ0v) is 34.7. The number of pyridine rings is 2. The topological polar surface area (TPSA) is 98.6 Å². The Balaban J connectivity index is 0.000000150. The van der Waals surface area contributed by atoms with Gasteiger partial charge < -0.3 is 18.6 Å². The summed E-state index contributed by atoms with van der Waals surface area (Å²) in [6.45, 7) is 0.174. The molecular formula is C48H29ClF10N6O2. The number of aromatic amines is 1. The molecule has 0 unspecified atom stereocenters. The molecule has 1 N–H and O–H groups in total. The van der Waals surface area contributed by atoms with Crippen LogP contribution in [-0.4, -0.2) is 29.8 Å². The fraction of sp³-hybridized carbons (Fsp3) is 0.0833. The van der Waals surface area contributed by atoms with Gasteiger partial charge in [-0.1, -0.05) is 34.6 Å². The van der Waals surface area contributed by atoms with Crippen molar-refractivity contribution in [3.63, 3.8) is 0 Å². The highest BCUT2D eigenvalue weighted by Gasteiger charge is 2.36. The van der Waals surface area contributed by atoms with Crippen molar-refractivity contribution in [1.29, 1.82) is 0 Å². The number of fused-ring (bicyclic) bond motifs is 2. The monoisotopic (exact) mass is 946 g/mol. The number of H-pyrrole nitrogens is 1. The van der Waals surface area contributed by atoms with Gasteiger partial charge in [0.1, 0.15) is 34.7 Å². The second-order valence-electron chi connectivity index (χ2n) is 14.6. The predicted octanol–water partition coefficient (Wildman–Crippen LogP) is 14.3. The van der Waals surface area contributed by atoms with Gasteiger partial charge in [-0.05, 0) is 84.9 Å². The zero-order chi connectivity index (χ0) is 47.5. The number of alkyl halides is 7. The van der Waals surface area contributed by atoms with Crippen molar-refractivity contribution in [2.24, 2.45) is 0 Å². The first-order valence-electron chi connectivity index (χ1n) is 19.6. The molecule has 2 aliphatic heterocycles. The van der Waals surface area contributed by atoms with E-state index < -0.39 is 35.1 Å². The largest absolute Gasteiger partial charge is 0.417 e. The van der Waals surface area contributed by atoms with E-state index in [1.165, 1.54) is 24.3 Å². The van der Waals surface area contributed by atoms with E-state index in [1.807, 2.05) is 18.2 Å². The molecule has 19 heteroatoms. The van der Waals surface area contributed by atoms with E-state index in [0.29, 0.717) is 40.4 Å². The Morgan fingerprint density at radius 2 is 1.16 bits per heavy atom. The maximum atomic E-state index is 14.1. The normalized spacial score (nSPS) is 11.6. The molecule has 6 heterocycles.